The third kappa shape index (κ3) is 4.18. The number of thiophene rings is 1. The highest BCUT2D eigenvalue weighted by atomic mass is 32.1. The van der Waals surface area contributed by atoms with E-state index >= 15 is 0 Å². The molecule has 8 heteroatoms. The number of carbonyl (C=O) groups is 3. The third-order valence-electron chi connectivity index (χ3n) is 5.31. The van der Waals surface area contributed by atoms with Gasteiger partial charge in [0.05, 0.1) is 11.8 Å². The Morgan fingerprint density at radius 3 is 2.72 bits per heavy atom. The smallest absolute Gasteiger partial charge is 0.313 e. The van der Waals surface area contributed by atoms with Gasteiger partial charge in [-0.05, 0) is 60.4 Å². The van der Waals surface area contributed by atoms with Crippen LogP contribution in [0.4, 0.5) is 11.4 Å². The van der Waals surface area contributed by atoms with Crippen molar-refractivity contribution in [2.45, 2.75) is 38.2 Å². The first kappa shape index (κ1) is 19.6. The molecule has 0 bridgehead atoms. The van der Waals surface area contributed by atoms with Crippen LogP contribution < -0.4 is 15.5 Å². The molecule has 0 spiro atoms. The van der Waals surface area contributed by atoms with E-state index in [9.17, 15) is 19.5 Å². The highest BCUT2D eigenvalue weighted by Gasteiger charge is 2.30. The second-order valence-electron chi connectivity index (χ2n) is 7.32. The van der Waals surface area contributed by atoms with Crippen molar-refractivity contribution in [3.63, 3.8) is 0 Å². The minimum Gasteiger partial charge on any atom is -0.388 e. The molecule has 0 aliphatic carbocycles. The van der Waals surface area contributed by atoms with Crippen LogP contribution in [0.3, 0.4) is 0 Å². The van der Waals surface area contributed by atoms with Crippen molar-refractivity contribution in [2.24, 2.45) is 0 Å². The van der Waals surface area contributed by atoms with Crippen LogP contribution in [-0.2, 0) is 27.2 Å². The first-order valence-electron chi connectivity index (χ1n) is 9.80. The lowest BCUT2D eigenvalue weighted by Gasteiger charge is -2.35. The fraction of sp³-hybridized carbons (Fsp3) is 0.381. The first-order valence-corrected chi connectivity index (χ1v) is 10.7. The SMILES string of the molecule is O=C(NCCC(O)c1cccs1)C(=O)Nc1cc2c3c(c1)CCC(=O)N3CCC2. The summed E-state index contributed by atoms with van der Waals surface area (Å²) >= 11 is 1.45. The van der Waals surface area contributed by atoms with Crippen molar-refractivity contribution in [3.8, 4) is 0 Å². The Hall–Kier alpha value is -2.71. The van der Waals surface area contributed by atoms with E-state index in [1.54, 1.807) is 0 Å². The van der Waals surface area contributed by atoms with Crippen molar-refractivity contribution in [1.82, 2.24) is 5.32 Å². The van der Waals surface area contributed by atoms with Gasteiger partial charge in [-0.15, -0.1) is 11.3 Å². The molecule has 3 heterocycles. The molecule has 29 heavy (non-hydrogen) atoms. The van der Waals surface area contributed by atoms with Gasteiger partial charge in [-0.3, -0.25) is 14.4 Å². The molecule has 3 amide bonds. The number of nitrogens with one attached hydrogen (secondary N) is 2. The molecule has 1 aromatic carbocycles. The van der Waals surface area contributed by atoms with Gasteiger partial charge in [-0.1, -0.05) is 6.07 Å². The number of nitrogens with zero attached hydrogens (tertiary/aromatic N) is 1. The highest BCUT2D eigenvalue weighted by molar-refractivity contribution is 7.10. The van der Waals surface area contributed by atoms with Crippen LogP contribution in [0.1, 0.15) is 41.4 Å². The summed E-state index contributed by atoms with van der Waals surface area (Å²) < 4.78 is 0. The number of hydrogen-bond donors (Lipinski definition) is 3. The first-order chi connectivity index (χ1) is 14.0. The van der Waals surface area contributed by atoms with Crippen LogP contribution in [0, 0.1) is 0 Å². The summed E-state index contributed by atoms with van der Waals surface area (Å²) in [5.74, 6) is -1.31. The number of carbonyl (C=O) groups excluding carboxylic acids is 3. The zero-order chi connectivity index (χ0) is 20.4. The van der Waals surface area contributed by atoms with Crippen molar-refractivity contribution in [2.75, 3.05) is 23.3 Å². The Labute approximate surface area is 172 Å². The summed E-state index contributed by atoms with van der Waals surface area (Å²) in [5.41, 5.74) is 3.64. The van der Waals surface area contributed by atoms with E-state index in [-0.39, 0.29) is 12.5 Å². The van der Waals surface area contributed by atoms with Crippen molar-refractivity contribution >= 4 is 40.4 Å². The second-order valence-corrected chi connectivity index (χ2v) is 8.30. The number of aliphatic hydroxyl groups excluding tert-OH is 1. The van der Waals surface area contributed by atoms with Crippen LogP contribution in [-0.4, -0.2) is 35.9 Å². The summed E-state index contributed by atoms with van der Waals surface area (Å²) in [6.07, 6.45) is 2.54. The summed E-state index contributed by atoms with van der Waals surface area (Å²) in [6, 6.07) is 7.40. The van der Waals surface area contributed by atoms with E-state index in [0.29, 0.717) is 24.9 Å². The second kappa shape index (κ2) is 8.34. The maximum absolute atomic E-state index is 12.3. The minimum atomic E-state index is -0.734. The van der Waals surface area contributed by atoms with Gasteiger partial charge >= 0.3 is 11.8 Å². The number of benzene rings is 1. The zero-order valence-corrected chi connectivity index (χ0v) is 16.8. The van der Waals surface area contributed by atoms with Gasteiger partial charge in [0.25, 0.3) is 0 Å². The monoisotopic (exact) mass is 413 g/mol. The molecule has 0 saturated carbocycles. The Morgan fingerprint density at radius 2 is 1.97 bits per heavy atom. The summed E-state index contributed by atoms with van der Waals surface area (Å²) in [5, 5.41) is 17.1. The molecule has 0 saturated heterocycles. The molecule has 0 fully saturated rings. The van der Waals surface area contributed by atoms with Gasteiger partial charge in [-0.2, -0.15) is 0 Å². The molecule has 2 aliphatic heterocycles. The van der Waals surface area contributed by atoms with Crippen LogP contribution >= 0.6 is 11.3 Å². The summed E-state index contributed by atoms with van der Waals surface area (Å²) in [4.78, 5) is 39.2. The molecule has 2 aromatic rings. The molecule has 1 aromatic heterocycles. The van der Waals surface area contributed by atoms with Gasteiger partial charge in [0.2, 0.25) is 5.91 Å². The fourth-order valence-corrected chi connectivity index (χ4v) is 4.69. The quantitative estimate of drug-likeness (QED) is 0.654. The normalized spacial score (nSPS) is 16.2. The lowest BCUT2D eigenvalue weighted by atomic mass is 9.91. The molecule has 0 radical (unpaired) electrons. The predicted molar refractivity (Wildman–Crippen MR) is 111 cm³/mol. The molecular weight excluding hydrogens is 390 g/mol. The number of amides is 3. The van der Waals surface area contributed by atoms with Crippen LogP contribution in [0.25, 0.3) is 0 Å². The topological polar surface area (TPSA) is 98.7 Å². The number of hydrogen-bond acceptors (Lipinski definition) is 5. The summed E-state index contributed by atoms with van der Waals surface area (Å²) in [6.45, 7) is 0.947. The van der Waals surface area contributed by atoms with Crippen LogP contribution in [0.2, 0.25) is 0 Å². The zero-order valence-electron chi connectivity index (χ0n) is 15.9. The lowest BCUT2D eigenvalue weighted by molar-refractivity contribution is -0.136. The highest BCUT2D eigenvalue weighted by Crippen LogP contribution is 2.37. The van der Waals surface area contributed by atoms with Gasteiger partial charge < -0.3 is 20.6 Å². The number of anilines is 2. The summed E-state index contributed by atoms with van der Waals surface area (Å²) in [7, 11) is 0. The van der Waals surface area contributed by atoms with Gasteiger partial charge in [-0.25, -0.2) is 0 Å². The maximum Gasteiger partial charge on any atom is 0.313 e. The van der Waals surface area contributed by atoms with Gasteiger partial charge in [0.15, 0.2) is 0 Å². The van der Waals surface area contributed by atoms with Crippen LogP contribution in [0.5, 0.6) is 0 Å². The fourth-order valence-electron chi connectivity index (χ4n) is 3.94. The lowest BCUT2D eigenvalue weighted by Crippen LogP contribution is -2.39. The molecule has 1 atom stereocenters. The molecule has 1 unspecified atom stereocenters. The molecule has 2 aliphatic rings. The van der Waals surface area contributed by atoms with Gasteiger partial charge in [0, 0.05) is 30.1 Å². The van der Waals surface area contributed by atoms with Crippen molar-refractivity contribution < 1.29 is 19.5 Å². The van der Waals surface area contributed by atoms with Crippen molar-refractivity contribution in [3.05, 3.63) is 45.6 Å². The minimum absolute atomic E-state index is 0.152. The molecule has 152 valence electrons. The molecule has 4 rings (SSSR count). The van der Waals surface area contributed by atoms with Crippen molar-refractivity contribution in [1.29, 1.82) is 0 Å². The Balaban J connectivity index is 1.36. The molecular formula is C21H23N3O4S. The van der Waals surface area contributed by atoms with E-state index in [4.69, 9.17) is 0 Å². The average molecular weight is 413 g/mol. The molecule has 7 nitrogen and oxygen atoms in total. The largest absolute Gasteiger partial charge is 0.388 e. The maximum atomic E-state index is 12.3. The van der Waals surface area contributed by atoms with E-state index < -0.39 is 17.9 Å². The van der Waals surface area contributed by atoms with E-state index in [2.05, 4.69) is 10.6 Å². The Morgan fingerprint density at radius 1 is 1.17 bits per heavy atom. The predicted octanol–water partition coefficient (Wildman–Crippen LogP) is 2.15. The van der Waals surface area contributed by atoms with E-state index in [1.165, 1.54) is 11.3 Å². The van der Waals surface area contributed by atoms with E-state index in [0.717, 1.165) is 41.1 Å². The number of aryl methyl sites for hydroxylation is 2. The third-order valence-corrected chi connectivity index (χ3v) is 6.29. The number of aliphatic hydroxyl groups is 1. The van der Waals surface area contributed by atoms with Gasteiger partial charge in [0.1, 0.15) is 0 Å². The average Bonchev–Trinajstić information content (AvgIpc) is 3.25. The van der Waals surface area contributed by atoms with Crippen LogP contribution in [0.15, 0.2) is 29.6 Å². The number of rotatable bonds is 5. The standard InChI is InChI=1S/C21H23N3O4S/c25-16(17-4-2-10-29-17)7-8-22-20(27)21(28)23-15-11-13-3-1-9-24-18(26)6-5-14(12-15)19(13)24/h2,4,10-12,16,25H,1,3,5-9H2,(H,22,27)(H,23,28). The molecule has 3 N–H and O–H groups in total. The Kier molecular flexibility index (Phi) is 5.64. The Bertz CT molecular complexity index is 924. The van der Waals surface area contributed by atoms with E-state index in [1.807, 2.05) is 34.5 Å².